The third-order valence-electron chi connectivity index (χ3n) is 5.43. The standard InChI is InChI=1S/C22H21N3S/c1-15(19-12-23-20-9-5-4-8-18(19)20)21-13-24-22(26-21)25-11-10-16-6-2-3-7-17(16)14-25/h2-9,12-13,15,23H,10-11,14H2,1H3. The van der Waals surface area contributed by atoms with E-state index < -0.39 is 0 Å². The smallest absolute Gasteiger partial charge is 0.185 e. The molecular weight excluding hydrogens is 338 g/mol. The summed E-state index contributed by atoms with van der Waals surface area (Å²) in [5.74, 6) is 0.342. The largest absolute Gasteiger partial charge is 0.361 e. The topological polar surface area (TPSA) is 31.9 Å². The summed E-state index contributed by atoms with van der Waals surface area (Å²) < 4.78 is 0. The van der Waals surface area contributed by atoms with E-state index in [4.69, 9.17) is 4.98 Å². The maximum atomic E-state index is 4.76. The molecule has 0 radical (unpaired) electrons. The highest BCUT2D eigenvalue weighted by Gasteiger charge is 2.21. The van der Waals surface area contributed by atoms with Gasteiger partial charge in [-0.2, -0.15) is 0 Å². The molecule has 0 saturated heterocycles. The quantitative estimate of drug-likeness (QED) is 0.535. The van der Waals surface area contributed by atoms with Gasteiger partial charge in [-0.05, 0) is 29.2 Å². The summed E-state index contributed by atoms with van der Waals surface area (Å²) in [5.41, 5.74) is 5.46. The lowest BCUT2D eigenvalue weighted by molar-refractivity contribution is 0.729. The second kappa shape index (κ2) is 6.29. The predicted octanol–water partition coefficient (Wildman–Crippen LogP) is 5.34. The summed E-state index contributed by atoms with van der Waals surface area (Å²) in [5, 5.41) is 2.45. The molecular formula is C22H21N3S. The number of benzene rings is 2. The molecule has 0 saturated carbocycles. The Balaban J connectivity index is 1.42. The van der Waals surface area contributed by atoms with Crippen LogP contribution in [-0.4, -0.2) is 16.5 Å². The third kappa shape index (κ3) is 2.61. The van der Waals surface area contributed by atoms with Crippen LogP contribution in [0.1, 0.15) is 34.4 Å². The first-order valence-corrected chi connectivity index (χ1v) is 9.95. The number of anilines is 1. The van der Waals surface area contributed by atoms with E-state index in [1.54, 1.807) is 0 Å². The van der Waals surface area contributed by atoms with Gasteiger partial charge in [-0.3, -0.25) is 0 Å². The number of nitrogens with one attached hydrogen (secondary N) is 1. The van der Waals surface area contributed by atoms with E-state index in [9.17, 15) is 0 Å². The van der Waals surface area contributed by atoms with E-state index in [0.29, 0.717) is 5.92 Å². The fourth-order valence-electron chi connectivity index (χ4n) is 3.89. The summed E-state index contributed by atoms with van der Waals surface area (Å²) >= 11 is 1.83. The monoisotopic (exact) mass is 359 g/mol. The molecule has 1 aliphatic rings. The highest BCUT2D eigenvalue weighted by atomic mass is 32.1. The molecule has 3 heterocycles. The molecule has 3 nitrogen and oxygen atoms in total. The predicted molar refractivity (Wildman–Crippen MR) is 109 cm³/mol. The molecule has 4 aromatic rings. The SMILES string of the molecule is CC(c1cnc(N2CCc3ccccc3C2)s1)c1c[nH]c2ccccc12. The molecule has 1 atom stereocenters. The zero-order chi connectivity index (χ0) is 17.5. The first-order valence-electron chi connectivity index (χ1n) is 9.13. The van der Waals surface area contributed by atoms with Crippen molar-refractivity contribution in [2.24, 2.45) is 0 Å². The molecule has 1 aliphatic heterocycles. The zero-order valence-electron chi connectivity index (χ0n) is 14.8. The number of thiazole rings is 1. The molecule has 2 aromatic heterocycles. The first kappa shape index (κ1) is 15.6. The minimum atomic E-state index is 0.342. The van der Waals surface area contributed by atoms with Crippen molar-refractivity contribution in [1.29, 1.82) is 0 Å². The molecule has 0 amide bonds. The molecule has 26 heavy (non-hydrogen) atoms. The number of rotatable bonds is 3. The Bertz CT molecular complexity index is 1060. The molecule has 4 heteroatoms. The fourth-order valence-corrected chi connectivity index (χ4v) is 4.90. The average molecular weight is 359 g/mol. The van der Waals surface area contributed by atoms with Crippen molar-refractivity contribution in [3.63, 3.8) is 0 Å². The Hall–Kier alpha value is -2.59. The first-order chi connectivity index (χ1) is 12.8. The number of aromatic nitrogens is 2. The summed E-state index contributed by atoms with van der Waals surface area (Å²) in [6.07, 6.45) is 5.31. The minimum absolute atomic E-state index is 0.342. The van der Waals surface area contributed by atoms with Crippen molar-refractivity contribution in [2.45, 2.75) is 25.8 Å². The summed E-state index contributed by atoms with van der Waals surface area (Å²) in [6, 6.07) is 17.3. The highest BCUT2D eigenvalue weighted by Crippen LogP contribution is 2.36. The van der Waals surface area contributed by atoms with Gasteiger partial charge in [0.2, 0.25) is 0 Å². The molecule has 1 unspecified atom stereocenters. The van der Waals surface area contributed by atoms with E-state index in [0.717, 1.165) is 24.6 Å². The average Bonchev–Trinajstić information content (AvgIpc) is 3.34. The van der Waals surface area contributed by atoms with Gasteiger partial charge in [-0.1, -0.05) is 49.4 Å². The van der Waals surface area contributed by atoms with Gasteiger partial charge in [-0.15, -0.1) is 11.3 Å². The van der Waals surface area contributed by atoms with Crippen molar-refractivity contribution >= 4 is 27.4 Å². The Morgan fingerprint density at radius 1 is 1.08 bits per heavy atom. The van der Waals surface area contributed by atoms with Crippen LogP contribution in [0, 0.1) is 0 Å². The fraction of sp³-hybridized carbons (Fsp3) is 0.227. The van der Waals surface area contributed by atoms with Crippen molar-refractivity contribution in [3.8, 4) is 0 Å². The van der Waals surface area contributed by atoms with E-state index >= 15 is 0 Å². The van der Waals surface area contributed by atoms with Crippen molar-refractivity contribution in [2.75, 3.05) is 11.4 Å². The van der Waals surface area contributed by atoms with Crippen molar-refractivity contribution in [3.05, 3.63) is 82.5 Å². The van der Waals surface area contributed by atoms with Gasteiger partial charge in [0.15, 0.2) is 5.13 Å². The lowest BCUT2D eigenvalue weighted by atomic mass is 9.99. The molecule has 130 valence electrons. The summed E-state index contributed by atoms with van der Waals surface area (Å²) in [7, 11) is 0. The van der Waals surface area contributed by atoms with Crippen LogP contribution < -0.4 is 4.90 Å². The number of para-hydroxylation sites is 1. The van der Waals surface area contributed by atoms with Crippen LogP contribution >= 0.6 is 11.3 Å². The maximum absolute atomic E-state index is 4.76. The molecule has 0 spiro atoms. The van der Waals surface area contributed by atoms with Crippen LogP contribution in [0.2, 0.25) is 0 Å². The lowest BCUT2D eigenvalue weighted by Crippen LogP contribution is -2.30. The van der Waals surface area contributed by atoms with Gasteiger partial charge in [0.05, 0.1) is 0 Å². The normalized spacial score (nSPS) is 15.2. The molecule has 5 rings (SSSR count). The maximum Gasteiger partial charge on any atom is 0.185 e. The summed E-state index contributed by atoms with van der Waals surface area (Å²) in [6.45, 7) is 4.29. The van der Waals surface area contributed by atoms with Gasteiger partial charge >= 0.3 is 0 Å². The van der Waals surface area contributed by atoms with Crippen LogP contribution in [0.4, 0.5) is 5.13 Å². The summed E-state index contributed by atoms with van der Waals surface area (Å²) in [4.78, 5) is 11.9. The molecule has 0 fully saturated rings. The number of H-pyrrole nitrogens is 1. The van der Waals surface area contributed by atoms with E-state index in [1.165, 1.54) is 32.5 Å². The Morgan fingerprint density at radius 3 is 2.81 bits per heavy atom. The minimum Gasteiger partial charge on any atom is -0.361 e. The molecule has 0 bridgehead atoms. The number of fused-ring (bicyclic) bond motifs is 2. The van der Waals surface area contributed by atoms with Crippen molar-refractivity contribution < 1.29 is 0 Å². The Kier molecular flexibility index (Phi) is 3.79. The second-order valence-corrected chi connectivity index (χ2v) is 8.04. The van der Waals surface area contributed by atoms with E-state index in [1.807, 2.05) is 11.3 Å². The van der Waals surface area contributed by atoms with Gasteiger partial charge in [0.25, 0.3) is 0 Å². The van der Waals surface area contributed by atoms with Gasteiger partial charge < -0.3 is 9.88 Å². The Labute approximate surface area is 157 Å². The van der Waals surface area contributed by atoms with E-state index in [2.05, 4.69) is 77.7 Å². The van der Waals surface area contributed by atoms with Crippen LogP contribution in [0.15, 0.2) is 60.9 Å². The van der Waals surface area contributed by atoms with Gasteiger partial charge in [-0.25, -0.2) is 4.98 Å². The van der Waals surface area contributed by atoms with E-state index in [-0.39, 0.29) is 0 Å². The second-order valence-electron chi connectivity index (χ2n) is 7.00. The number of hydrogen-bond acceptors (Lipinski definition) is 3. The number of hydrogen-bond donors (Lipinski definition) is 1. The highest BCUT2D eigenvalue weighted by molar-refractivity contribution is 7.15. The lowest BCUT2D eigenvalue weighted by Gasteiger charge is -2.28. The molecule has 1 N–H and O–H groups in total. The number of nitrogens with zero attached hydrogens (tertiary/aromatic N) is 2. The van der Waals surface area contributed by atoms with Crippen LogP contribution in [0.5, 0.6) is 0 Å². The molecule has 0 aliphatic carbocycles. The van der Waals surface area contributed by atoms with Crippen LogP contribution in [-0.2, 0) is 13.0 Å². The van der Waals surface area contributed by atoms with Crippen LogP contribution in [0.25, 0.3) is 10.9 Å². The zero-order valence-corrected chi connectivity index (χ0v) is 15.6. The molecule has 2 aromatic carbocycles. The Morgan fingerprint density at radius 2 is 1.88 bits per heavy atom. The van der Waals surface area contributed by atoms with Gasteiger partial charge in [0.1, 0.15) is 0 Å². The van der Waals surface area contributed by atoms with Crippen LogP contribution in [0.3, 0.4) is 0 Å². The van der Waals surface area contributed by atoms with Crippen molar-refractivity contribution in [1.82, 2.24) is 9.97 Å². The number of aromatic amines is 1. The van der Waals surface area contributed by atoms with Gasteiger partial charge in [0, 0.05) is 47.2 Å². The third-order valence-corrected chi connectivity index (χ3v) is 6.67.